The Morgan fingerprint density at radius 3 is 1.20 bits per heavy atom. The van der Waals surface area contributed by atoms with Crippen molar-refractivity contribution in [3.63, 3.8) is 0 Å². The maximum absolute atomic E-state index is 13.2. The van der Waals surface area contributed by atoms with Gasteiger partial charge in [-0.25, -0.2) is 4.79 Å². The largest absolute Gasteiger partial charge is 0.479 e. The van der Waals surface area contributed by atoms with Gasteiger partial charge in [0.25, 0.3) is 0 Å². The van der Waals surface area contributed by atoms with Crippen molar-refractivity contribution in [1.82, 2.24) is 0 Å². The predicted octanol–water partition coefficient (Wildman–Crippen LogP) is 17.0. The highest BCUT2D eigenvalue weighted by Crippen LogP contribution is 2.26. The molecule has 1 aliphatic rings. The lowest BCUT2D eigenvalue weighted by atomic mass is 9.98. The summed E-state index contributed by atoms with van der Waals surface area (Å²) in [5, 5.41) is 31.6. The fourth-order valence-electron chi connectivity index (χ4n) is 8.92. The molecule has 0 saturated carbocycles. The van der Waals surface area contributed by atoms with Gasteiger partial charge in [0.1, 0.15) is 18.8 Å². The summed E-state index contributed by atoms with van der Waals surface area (Å²) in [7, 11) is 0. The van der Waals surface area contributed by atoms with Gasteiger partial charge in [0, 0.05) is 19.3 Å². The molecule has 1 heterocycles. The summed E-state index contributed by atoms with van der Waals surface area (Å²) in [6.45, 7) is 5.79. The number of rotatable bonds is 53. The van der Waals surface area contributed by atoms with Crippen molar-refractivity contribution in [3.05, 3.63) is 109 Å². The van der Waals surface area contributed by atoms with Crippen molar-refractivity contribution >= 4 is 23.9 Å². The lowest BCUT2D eigenvalue weighted by Gasteiger charge is -2.40. The van der Waals surface area contributed by atoms with Gasteiger partial charge in [-0.15, -0.1) is 0 Å². The first kappa shape index (κ1) is 74.4. The average molecular weight is 1130 g/mol. The van der Waals surface area contributed by atoms with E-state index in [1.807, 2.05) is 0 Å². The number of allylic oxidation sites excluding steroid dienone is 18. The van der Waals surface area contributed by atoms with Crippen molar-refractivity contribution in [2.24, 2.45) is 0 Å². The van der Waals surface area contributed by atoms with Crippen LogP contribution in [0.25, 0.3) is 0 Å². The van der Waals surface area contributed by atoms with E-state index in [1.165, 1.54) is 44.9 Å². The van der Waals surface area contributed by atoms with Crippen LogP contribution in [0.2, 0.25) is 0 Å². The third-order valence-corrected chi connectivity index (χ3v) is 13.8. The minimum absolute atomic E-state index is 0.0359. The number of aliphatic carboxylic acids is 1. The molecule has 6 unspecified atom stereocenters. The molecule has 0 bridgehead atoms. The summed E-state index contributed by atoms with van der Waals surface area (Å²) in [5.74, 6) is -3.20. The summed E-state index contributed by atoms with van der Waals surface area (Å²) in [6, 6.07) is 0. The molecule has 0 spiro atoms. The van der Waals surface area contributed by atoms with Gasteiger partial charge in [-0.1, -0.05) is 214 Å². The standard InChI is InChI=1S/C69H112O12/c1-4-7-10-13-16-19-22-25-27-29-31-33-35-38-40-43-46-49-52-55-61(70)77-58-60(79-62(71)56-53-50-47-44-41-37-24-21-18-15-12-9-6-3)59-78-69-67(65(74)64(73)66(81-69)68(75)76)80-63(72)57-54-51-48-45-42-39-36-34-32-30-28-26-23-20-17-14-11-8-5-2/h9,12,16-21,25-28,31-34,37,41,60,64-67,69,73-74H,4-8,10-11,13-15,22-24,29-30,35-36,38-40,42-59H2,1-3H3,(H,75,76)/b12-9-,19-16-,20-17-,21-18-,27-25-,28-26-,33-31-,34-32-,41-37-. The van der Waals surface area contributed by atoms with Gasteiger partial charge in [-0.3, -0.25) is 14.4 Å². The topological polar surface area (TPSA) is 175 Å². The Kier molecular flexibility index (Phi) is 51.3. The Morgan fingerprint density at radius 1 is 0.420 bits per heavy atom. The van der Waals surface area contributed by atoms with E-state index in [2.05, 4.69) is 130 Å². The highest BCUT2D eigenvalue weighted by Gasteiger charge is 2.50. The van der Waals surface area contributed by atoms with Crippen LogP contribution < -0.4 is 0 Å². The van der Waals surface area contributed by atoms with E-state index in [0.29, 0.717) is 19.3 Å². The Labute approximate surface area is 491 Å². The zero-order chi connectivity index (χ0) is 58.9. The fourth-order valence-corrected chi connectivity index (χ4v) is 8.92. The molecule has 3 N–H and O–H groups in total. The summed E-state index contributed by atoms with van der Waals surface area (Å²) in [6.07, 6.45) is 63.3. The van der Waals surface area contributed by atoms with E-state index < -0.39 is 67.3 Å². The van der Waals surface area contributed by atoms with Crippen LogP contribution in [0.15, 0.2) is 109 Å². The van der Waals surface area contributed by atoms with Crippen LogP contribution >= 0.6 is 0 Å². The van der Waals surface area contributed by atoms with Crippen LogP contribution in [0.5, 0.6) is 0 Å². The Balaban J connectivity index is 2.68. The molecular formula is C69H112O12. The Bertz CT molecular complexity index is 1820. The number of carbonyl (C=O) groups is 4. The van der Waals surface area contributed by atoms with Crippen LogP contribution in [-0.2, 0) is 42.9 Å². The number of aliphatic hydroxyl groups is 2. The number of unbranched alkanes of at least 4 members (excludes halogenated alkanes) is 21. The van der Waals surface area contributed by atoms with Crippen LogP contribution in [-0.4, -0.2) is 89.2 Å². The lowest BCUT2D eigenvalue weighted by Crippen LogP contribution is -2.61. The number of carboxylic acids is 1. The van der Waals surface area contributed by atoms with E-state index in [0.717, 1.165) is 148 Å². The number of esters is 3. The number of hydrogen-bond donors (Lipinski definition) is 3. The summed E-state index contributed by atoms with van der Waals surface area (Å²) in [5.41, 5.74) is 0. The second-order valence-electron chi connectivity index (χ2n) is 21.3. The van der Waals surface area contributed by atoms with Crippen molar-refractivity contribution in [1.29, 1.82) is 0 Å². The zero-order valence-corrected chi connectivity index (χ0v) is 50.7. The molecule has 460 valence electrons. The van der Waals surface area contributed by atoms with E-state index in [-0.39, 0.29) is 25.9 Å². The minimum Gasteiger partial charge on any atom is -0.479 e. The third-order valence-electron chi connectivity index (χ3n) is 13.8. The molecule has 1 saturated heterocycles. The molecule has 0 aromatic heterocycles. The first-order chi connectivity index (χ1) is 39.6. The Hall–Kier alpha value is -4.62. The molecule has 0 aromatic rings. The monoisotopic (exact) mass is 1130 g/mol. The molecule has 12 nitrogen and oxygen atoms in total. The van der Waals surface area contributed by atoms with Crippen molar-refractivity contribution in [3.8, 4) is 0 Å². The third kappa shape index (κ3) is 45.6. The number of carbonyl (C=O) groups excluding carboxylic acids is 3. The van der Waals surface area contributed by atoms with E-state index >= 15 is 0 Å². The van der Waals surface area contributed by atoms with Crippen LogP contribution in [0.4, 0.5) is 0 Å². The first-order valence-corrected chi connectivity index (χ1v) is 31.9. The molecule has 0 aromatic carbocycles. The van der Waals surface area contributed by atoms with Gasteiger partial charge in [-0.2, -0.15) is 0 Å². The van der Waals surface area contributed by atoms with Crippen LogP contribution in [0.1, 0.15) is 252 Å². The zero-order valence-electron chi connectivity index (χ0n) is 50.7. The molecular weight excluding hydrogens is 1020 g/mol. The molecule has 1 rings (SSSR count). The maximum Gasteiger partial charge on any atom is 0.335 e. The van der Waals surface area contributed by atoms with Crippen molar-refractivity contribution < 1.29 is 58.2 Å². The summed E-state index contributed by atoms with van der Waals surface area (Å²) >= 11 is 0. The van der Waals surface area contributed by atoms with E-state index in [9.17, 15) is 34.5 Å². The van der Waals surface area contributed by atoms with Crippen LogP contribution in [0, 0.1) is 0 Å². The van der Waals surface area contributed by atoms with Crippen LogP contribution in [0.3, 0.4) is 0 Å². The molecule has 0 aliphatic carbocycles. The molecule has 0 radical (unpaired) electrons. The lowest BCUT2D eigenvalue weighted by molar-refractivity contribution is -0.301. The maximum atomic E-state index is 13.2. The number of hydrogen-bond acceptors (Lipinski definition) is 11. The van der Waals surface area contributed by atoms with Gasteiger partial charge in [0.05, 0.1) is 6.61 Å². The van der Waals surface area contributed by atoms with Crippen molar-refractivity contribution in [2.75, 3.05) is 13.2 Å². The highest BCUT2D eigenvalue weighted by molar-refractivity contribution is 5.74. The SMILES string of the molecule is CC/C=C\C/C=C\C/C=C\CCCCCC(=O)OC(COC(=O)CCCCCCCC/C=C\C/C=C\C/C=C\CCCCC)COC1OC(C(=O)O)C(O)C(O)C1OC(=O)CCCCCCCC/C=C\C/C=C\C/C=C\CCCCC. The number of carboxylic acid groups (broad SMARTS) is 1. The second kappa shape index (κ2) is 55.9. The van der Waals surface area contributed by atoms with Gasteiger partial charge in [-0.05, 0) is 128 Å². The quantitative estimate of drug-likeness (QED) is 0.0228. The Morgan fingerprint density at radius 2 is 0.778 bits per heavy atom. The predicted molar refractivity (Wildman–Crippen MR) is 330 cm³/mol. The average Bonchev–Trinajstić information content (AvgIpc) is 3.54. The first-order valence-electron chi connectivity index (χ1n) is 31.9. The van der Waals surface area contributed by atoms with Crippen molar-refractivity contribution in [2.45, 2.75) is 289 Å². The molecule has 6 atom stereocenters. The van der Waals surface area contributed by atoms with Gasteiger partial charge in [0.2, 0.25) is 0 Å². The van der Waals surface area contributed by atoms with E-state index in [4.69, 9.17) is 23.7 Å². The molecule has 12 heteroatoms. The smallest absolute Gasteiger partial charge is 0.335 e. The molecule has 81 heavy (non-hydrogen) atoms. The highest BCUT2D eigenvalue weighted by atomic mass is 16.7. The molecule has 1 fully saturated rings. The number of ether oxygens (including phenoxy) is 5. The normalized spacial score (nSPS) is 18.5. The number of aliphatic hydroxyl groups excluding tert-OH is 2. The molecule has 0 amide bonds. The van der Waals surface area contributed by atoms with Gasteiger partial charge >= 0.3 is 23.9 Å². The summed E-state index contributed by atoms with van der Waals surface area (Å²) in [4.78, 5) is 51.3. The molecule has 1 aliphatic heterocycles. The minimum atomic E-state index is -1.92. The van der Waals surface area contributed by atoms with Gasteiger partial charge in [0.15, 0.2) is 24.6 Å². The second-order valence-corrected chi connectivity index (χ2v) is 21.3. The van der Waals surface area contributed by atoms with Gasteiger partial charge < -0.3 is 39.0 Å². The van der Waals surface area contributed by atoms with E-state index in [1.54, 1.807) is 0 Å². The fraction of sp³-hybridized carbons (Fsp3) is 0.681. The summed E-state index contributed by atoms with van der Waals surface area (Å²) < 4.78 is 28.4.